The van der Waals surface area contributed by atoms with Crippen molar-refractivity contribution in [2.24, 2.45) is 0 Å². The van der Waals surface area contributed by atoms with Crippen molar-refractivity contribution in [3.63, 3.8) is 0 Å². The number of rotatable bonds is 6. The Labute approximate surface area is 162 Å². The van der Waals surface area contributed by atoms with E-state index in [-0.39, 0.29) is 12.1 Å². The van der Waals surface area contributed by atoms with Crippen LogP contribution >= 0.6 is 11.3 Å². The van der Waals surface area contributed by atoms with Crippen LogP contribution in [0.2, 0.25) is 0 Å². The number of likely N-dealkylation sites (tertiary alicyclic amines) is 1. The fourth-order valence-corrected chi connectivity index (χ4v) is 4.13. The SMILES string of the molecule is O=C(Nc1cccc(COCc2ccco2)c1)N1CCC[C@@H]1c1ccsc1. The van der Waals surface area contributed by atoms with E-state index < -0.39 is 0 Å². The number of amides is 2. The Morgan fingerprint density at radius 1 is 1.26 bits per heavy atom. The summed E-state index contributed by atoms with van der Waals surface area (Å²) in [6.45, 7) is 1.68. The number of furan rings is 1. The second kappa shape index (κ2) is 8.41. The first kappa shape index (κ1) is 17.8. The van der Waals surface area contributed by atoms with E-state index in [1.165, 1.54) is 5.56 Å². The van der Waals surface area contributed by atoms with Crippen LogP contribution in [0.4, 0.5) is 10.5 Å². The number of urea groups is 1. The summed E-state index contributed by atoms with van der Waals surface area (Å²) in [5, 5.41) is 7.23. The van der Waals surface area contributed by atoms with Crippen LogP contribution in [0.5, 0.6) is 0 Å². The molecule has 1 N–H and O–H groups in total. The van der Waals surface area contributed by atoms with Gasteiger partial charge in [0.25, 0.3) is 0 Å². The number of hydrogen-bond acceptors (Lipinski definition) is 4. The van der Waals surface area contributed by atoms with Crippen molar-refractivity contribution < 1.29 is 13.9 Å². The van der Waals surface area contributed by atoms with Crippen LogP contribution < -0.4 is 5.32 Å². The summed E-state index contributed by atoms with van der Waals surface area (Å²) in [7, 11) is 0. The molecule has 0 spiro atoms. The molecule has 3 heterocycles. The highest BCUT2D eigenvalue weighted by molar-refractivity contribution is 7.08. The lowest BCUT2D eigenvalue weighted by Gasteiger charge is -2.24. The molecule has 5 nitrogen and oxygen atoms in total. The molecule has 1 aliphatic heterocycles. The summed E-state index contributed by atoms with van der Waals surface area (Å²) >= 11 is 1.67. The molecule has 2 aromatic heterocycles. The van der Waals surface area contributed by atoms with E-state index >= 15 is 0 Å². The van der Waals surface area contributed by atoms with E-state index in [0.29, 0.717) is 13.2 Å². The first-order chi connectivity index (χ1) is 13.3. The van der Waals surface area contributed by atoms with Crippen molar-refractivity contribution in [2.75, 3.05) is 11.9 Å². The molecule has 0 unspecified atom stereocenters. The van der Waals surface area contributed by atoms with E-state index in [2.05, 4.69) is 22.1 Å². The van der Waals surface area contributed by atoms with E-state index in [9.17, 15) is 4.79 Å². The van der Waals surface area contributed by atoms with Gasteiger partial charge in [-0.3, -0.25) is 0 Å². The highest BCUT2D eigenvalue weighted by Crippen LogP contribution is 2.33. The van der Waals surface area contributed by atoms with Crippen LogP contribution in [0.15, 0.2) is 63.9 Å². The first-order valence-corrected chi connectivity index (χ1v) is 10.0. The molecular formula is C21H22N2O3S. The van der Waals surface area contributed by atoms with Crippen LogP contribution in [-0.4, -0.2) is 17.5 Å². The van der Waals surface area contributed by atoms with Crippen LogP contribution in [0.25, 0.3) is 0 Å². The van der Waals surface area contributed by atoms with Crippen LogP contribution in [0.3, 0.4) is 0 Å². The second-order valence-electron chi connectivity index (χ2n) is 6.61. The number of carbonyl (C=O) groups excluding carboxylic acids is 1. The molecule has 0 aliphatic carbocycles. The van der Waals surface area contributed by atoms with Crippen LogP contribution in [-0.2, 0) is 18.0 Å². The number of hydrogen-bond donors (Lipinski definition) is 1. The normalized spacial score (nSPS) is 16.6. The number of ether oxygens (including phenoxy) is 1. The zero-order valence-electron chi connectivity index (χ0n) is 15.0. The summed E-state index contributed by atoms with van der Waals surface area (Å²) in [5.74, 6) is 0.799. The van der Waals surface area contributed by atoms with Crippen molar-refractivity contribution in [1.29, 1.82) is 0 Å². The Morgan fingerprint density at radius 3 is 3.04 bits per heavy atom. The Morgan fingerprint density at radius 2 is 2.22 bits per heavy atom. The quantitative estimate of drug-likeness (QED) is 0.619. The molecule has 1 aliphatic rings. The monoisotopic (exact) mass is 382 g/mol. The Bertz CT molecular complexity index is 861. The second-order valence-corrected chi connectivity index (χ2v) is 7.39. The average Bonchev–Trinajstić information content (AvgIpc) is 3.43. The summed E-state index contributed by atoms with van der Waals surface area (Å²) in [4.78, 5) is 14.7. The van der Waals surface area contributed by atoms with Gasteiger partial charge in [-0.2, -0.15) is 11.3 Å². The summed E-state index contributed by atoms with van der Waals surface area (Å²) in [5.41, 5.74) is 3.03. The van der Waals surface area contributed by atoms with E-state index in [4.69, 9.17) is 9.15 Å². The number of nitrogens with zero attached hydrogens (tertiary/aromatic N) is 1. The van der Waals surface area contributed by atoms with Gasteiger partial charge in [0.05, 0.1) is 18.9 Å². The summed E-state index contributed by atoms with van der Waals surface area (Å²) in [6, 6.07) is 13.8. The number of nitrogens with one attached hydrogen (secondary N) is 1. The third kappa shape index (κ3) is 4.40. The predicted octanol–water partition coefficient (Wildman–Crippen LogP) is 5.43. The van der Waals surface area contributed by atoms with Gasteiger partial charge in [-0.15, -0.1) is 0 Å². The zero-order chi connectivity index (χ0) is 18.5. The van der Waals surface area contributed by atoms with Crippen molar-refractivity contribution in [3.05, 3.63) is 76.4 Å². The van der Waals surface area contributed by atoms with Crippen molar-refractivity contribution in [1.82, 2.24) is 4.90 Å². The predicted molar refractivity (Wildman–Crippen MR) is 106 cm³/mol. The maximum absolute atomic E-state index is 12.8. The summed E-state index contributed by atoms with van der Waals surface area (Å²) in [6.07, 6.45) is 3.69. The smallest absolute Gasteiger partial charge is 0.322 e. The molecule has 0 saturated carbocycles. The van der Waals surface area contributed by atoms with Gasteiger partial charge in [0.15, 0.2) is 0 Å². The van der Waals surface area contributed by atoms with E-state index in [1.807, 2.05) is 41.3 Å². The molecule has 4 rings (SSSR count). The fourth-order valence-electron chi connectivity index (χ4n) is 3.42. The summed E-state index contributed by atoms with van der Waals surface area (Å²) < 4.78 is 10.9. The molecule has 6 heteroatoms. The molecule has 2 amide bonds. The standard InChI is InChI=1S/C21H22N2O3S/c24-21(23-9-2-7-20(23)17-8-11-27-15-17)22-18-5-1-4-16(12-18)13-25-14-19-6-3-10-26-19/h1,3-6,8,10-12,15,20H,2,7,9,13-14H2,(H,22,24)/t20-/m1/s1. The van der Waals surface area contributed by atoms with Gasteiger partial charge in [0.1, 0.15) is 12.4 Å². The molecule has 27 heavy (non-hydrogen) atoms. The lowest BCUT2D eigenvalue weighted by Crippen LogP contribution is -2.34. The van der Waals surface area contributed by atoms with Crippen molar-refractivity contribution in [3.8, 4) is 0 Å². The van der Waals surface area contributed by atoms with Gasteiger partial charge in [-0.05, 0) is 65.1 Å². The largest absolute Gasteiger partial charge is 0.467 e. The number of thiophene rings is 1. The Kier molecular flexibility index (Phi) is 5.55. The van der Waals surface area contributed by atoms with Crippen LogP contribution in [0, 0.1) is 0 Å². The number of benzene rings is 1. The molecule has 0 radical (unpaired) electrons. The molecule has 0 bridgehead atoms. The topological polar surface area (TPSA) is 54.7 Å². The van der Waals surface area contributed by atoms with Crippen molar-refractivity contribution in [2.45, 2.75) is 32.1 Å². The van der Waals surface area contributed by atoms with Gasteiger partial charge >= 0.3 is 6.03 Å². The molecule has 140 valence electrons. The molecule has 1 aromatic carbocycles. The van der Waals surface area contributed by atoms with Crippen LogP contribution in [0.1, 0.15) is 35.8 Å². The van der Waals surface area contributed by atoms with Crippen molar-refractivity contribution >= 4 is 23.1 Å². The fraction of sp³-hybridized carbons (Fsp3) is 0.286. The zero-order valence-corrected chi connectivity index (χ0v) is 15.8. The minimum atomic E-state index is -0.0441. The van der Waals surface area contributed by atoms with Gasteiger partial charge in [-0.25, -0.2) is 4.79 Å². The molecule has 3 aromatic rings. The van der Waals surface area contributed by atoms with E-state index in [1.54, 1.807) is 17.6 Å². The Balaban J connectivity index is 1.35. The molecular weight excluding hydrogens is 360 g/mol. The minimum absolute atomic E-state index is 0.0441. The van der Waals surface area contributed by atoms with E-state index in [0.717, 1.165) is 36.4 Å². The highest BCUT2D eigenvalue weighted by Gasteiger charge is 2.30. The third-order valence-electron chi connectivity index (χ3n) is 4.71. The third-order valence-corrected chi connectivity index (χ3v) is 5.41. The first-order valence-electron chi connectivity index (χ1n) is 9.08. The van der Waals surface area contributed by atoms with Gasteiger partial charge in [-0.1, -0.05) is 12.1 Å². The maximum Gasteiger partial charge on any atom is 0.322 e. The maximum atomic E-state index is 12.8. The lowest BCUT2D eigenvalue weighted by molar-refractivity contribution is 0.0930. The molecule has 1 atom stereocenters. The highest BCUT2D eigenvalue weighted by atomic mass is 32.1. The Hall–Kier alpha value is -2.57. The average molecular weight is 382 g/mol. The number of anilines is 1. The number of carbonyl (C=O) groups is 1. The van der Waals surface area contributed by atoms with Gasteiger partial charge < -0.3 is 19.4 Å². The van der Waals surface area contributed by atoms with Gasteiger partial charge in [0.2, 0.25) is 0 Å². The lowest BCUT2D eigenvalue weighted by atomic mass is 10.1. The molecule has 1 fully saturated rings. The van der Waals surface area contributed by atoms with Gasteiger partial charge in [0, 0.05) is 12.2 Å². The molecule has 1 saturated heterocycles. The minimum Gasteiger partial charge on any atom is -0.467 e.